The summed E-state index contributed by atoms with van der Waals surface area (Å²) in [7, 11) is 0. The topological polar surface area (TPSA) is 63.8 Å². The summed E-state index contributed by atoms with van der Waals surface area (Å²) in [4.78, 5) is 10.1. The van der Waals surface area contributed by atoms with Crippen LogP contribution in [0.5, 0.6) is 0 Å². The summed E-state index contributed by atoms with van der Waals surface area (Å²) >= 11 is 1.67. The van der Waals surface area contributed by atoms with E-state index >= 15 is 0 Å². The van der Waals surface area contributed by atoms with Crippen LogP contribution < -0.4 is 11.3 Å². The van der Waals surface area contributed by atoms with Crippen molar-refractivity contribution < 1.29 is 0 Å². The maximum absolute atomic E-state index is 5.81. The molecular formula is C15H16N4S. The minimum absolute atomic E-state index is 0.0835. The van der Waals surface area contributed by atoms with Crippen LogP contribution in [0.3, 0.4) is 0 Å². The maximum atomic E-state index is 5.81. The number of hydrogen-bond acceptors (Lipinski definition) is 5. The van der Waals surface area contributed by atoms with Crippen LogP contribution in [0, 0.1) is 13.8 Å². The van der Waals surface area contributed by atoms with Crippen LogP contribution in [0.15, 0.2) is 36.5 Å². The fourth-order valence-electron chi connectivity index (χ4n) is 2.48. The van der Waals surface area contributed by atoms with Gasteiger partial charge in [0, 0.05) is 17.1 Å². The van der Waals surface area contributed by atoms with Crippen LogP contribution in [0.1, 0.15) is 27.2 Å². The highest BCUT2D eigenvalue weighted by Gasteiger charge is 2.20. The Balaban J connectivity index is 2.19. The second kappa shape index (κ2) is 5.28. The number of nitrogens with zero attached hydrogens (tertiary/aromatic N) is 2. The molecule has 2 aromatic heterocycles. The zero-order chi connectivity index (χ0) is 14.1. The Kier molecular flexibility index (Phi) is 3.48. The lowest BCUT2D eigenvalue weighted by Crippen LogP contribution is -2.29. The molecular weight excluding hydrogens is 268 g/mol. The van der Waals surface area contributed by atoms with E-state index in [1.165, 1.54) is 0 Å². The van der Waals surface area contributed by atoms with Gasteiger partial charge in [-0.05, 0) is 19.9 Å². The van der Waals surface area contributed by atoms with E-state index < -0.39 is 0 Å². The Morgan fingerprint density at radius 1 is 1.20 bits per heavy atom. The second-order valence-corrected chi connectivity index (χ2v) is 5.94. The highest BCUT2D eigenvalue weighted by atomic mass is 32.1. The molecule has 0 saturated carbocycles. The van der Waals surface area contributed by atoms with Gasteiger partial charge in [-0.25, -0.2) is 10.4 Å². The van der Waals surface area contributed by atoms with Gasteiger partial charge < -0.3 is 0 Å². The molecule has 0 saturated heterocycles. The monoisotopic (exact) mass is 284 g/mol. The third-order valence-electron chi connectivity index (χ3n) is 3.34. The summed E-state index contributed by atoms with van der Waals surface area (Å²) in [6, 6.07) is 10.1. The van der Waals surface area contributed by atoms with Gasteiger partial charge in [0.15, 0.2) is 0 Å². The highest BCUT2D eigenvalue weighted by molar-refractivity contribution is 7.11. The number of hydrazine groups is 1. The molecule has 3 N–H and O–H groups in total. The van der Waals surface area contributed by atoms with Gasteiger partial charge in [0.25, 0.3) is 0 Å². The number of aromatic nitrogens is 2. The number of nitrogens with two attached hydrogens (primary N) is 1. The Morgan fingerprint density at radius 2 is 2.00 bits per heavy atom. The number of thiazole rings is 1. The predicted molar refractivity (Wildman–Crippen MR) is 82.5 cm³/mol. The lowest BCUT2D eigenvalue weighted by molar-refractivity contribution is 0.645. The number of rotatable bonds is 3. The van der Waals surface area contributed by atoms with Crippen molar-refractivity contribution in [2.75, 3.05) is 0 Å². The lowest BCUT2D eigenvalue weighted by atomic mass is 10.0. The smallest absolute Gasteiger partial charge is 0.0900 e. The molecule has 0 amide bonds. The van der Waals surface area contributed by atoms with E-state index in [0.717, 1.165) is 32.0 Å². The summed E-state index contributed by atoms with van der Waals surface area (Å²) < 4.78 is 0. The molecule has 5 heteroatoms. The number of pyridine rings is 1. The fraction of sp³-hybridized carbons (Fsp3) is 0.200. The predicted octanol–water partition coefficient (Wildman–Crippen LogP) is 2.86. The minimum atomic E-state index is -0.0835. The van der Waals surface area contributed by atoms with E-state index in [2.05, 4.69) is 33.6 Å². The number of benzene rings is 1. The van der Waals surface area contributed by atoms with E-state index in [1.54, 1.807) is 11.3 Å². The summed E-state index contributed by atoms with van der Waals surface area (Å²) in [5, 5.41) is 2.16. The van der Waals surface area contributed by atoms with E-state index in [-0.39, 0.29) is 6.04 Å². The lowest BCUT2D eigenvalue weighted by Gasteiger charge is -2.17. The molecule has 1 unspecified atom stereocenters. The molecule has 0 bridgehead atoms. The van der Waals surface area contributed by atoms with Crippen LogP contribution in [0.2, 0.25) is 0 Å². The van der Waals surface area contributed by atoms with Gasteiger partial charge >= 0.3 is 0 Å². The third kappa shape index (κ3) is 2.20. The molecule has 3 rings (SSSR count). The first-order valence-electron chi connectivity index (χ1n) is 6.44. The van der Waals surface area contributed by atoms with Gasteiger partial charge in [-0.3, -0.25) is 10.8 Å². The van der Waals surface area contributed by atoms with Crippen molar-refractivity contribution in [1.29, 1.82) is 0 Å². The first-order valence-corrected chi connectivity index (χ1v) is 7.26. The third-order valence-corrected chi connectivity index (χ3v) is 4.48. The summed E-state index contributed by atoms with van der Waals surface area (Å²) in [6.07, 6.45) is 1.81. The SMILES string of the molecule is Cc1nc(C)c(C(NN)c2cccc3cccnc23)s1. The van der Waals surface area contributed by atoms with Gasteiger partial charge in [0.1, 0.15) is 0 Å². The van der Waals surface area contributed by atoms with E-state index in [4.69, 9.17) is 5.84 Å². The average Bonchev–Trinajstić information content (AvgIpc) is 2.79. The Morgan fingerprint density at radius 3 is 2.70 bits per heavy atom. The molecule has 0 aliphatic rings. The number of nitrogens with one attached hydrogen (secondary N) is 1. The summed E-state index contributed by atoms with van der Waals surface area (Å²) in [6.45, 7) is 4.03. The standard InChI is InChI=1S/C15H16N4S/c1-9-15(20-10(2)18-9)14(19-16)12-7-3-5-11-6-4-8-17-13(11)12/h3-8,14,19H,16H2,1-2H3. The Bertz CT molecular complexity index is 745. The molecule has 0 spiro atoms. The van der Waals surface area contributed by atoms with Crippen molar-refractivity contribution in [3.63, 3.8) is 0 Å². The van der Waals surface area contributed by atoms with E-state index in [1.807, 2.05) is 32.2 Å². The number of fused-ring (bicyclic) bond motifs is 1. The zero-order valence-electron chi connectivity index (χ0n) is 11.4. The van der Waals surface area contributed by atoms with Gasteiger partial charge in [0.2, 0.25) is 0 Å². The fourth-order valence-corrected chi connectivity index (χ4v) is 3.49. The molecule has 1 atom stereocenters. The molecule has 0 aliphatic carbocycles. The normalized spacial score (nSPS) is 12.8. The van der Waals surface area contributed by atoms with Gasteiger partial charge in [-0.1, -0.05) is 24.3 Å². The van der Waals surface area contributed by atoms with Gasteiger partial charge in [-0.15, -0.1) is 11.3 Å². The first kappa shape index (κ1) is 13.2. The van der Waals surface area contributed by atoms with Crippen LogP contribution >= 0.6 is 11.3 Å². The molecule has 102 valence electrons. The van der Waals surface area contributed by atoms with Crippen molar-refractivity contribution in [2.24, 2.45) is 5.84 Å². The van der Waals surface area contributed by atoms with E-state index in [9.17, 15) is 0 Å². The number of para-hydroxylation sites is 1. The summed E-state index contributed by atoms with van der Waals surface area (Å²) in [5.74, 6) is 5.81. The van der Waals surface area contributed by atoms with Crippen molar-refractivity contribution in [1.82, 2.24) is 15.4 Å². The maximum Gasteiger partial charge on any atom is 0.0900 e. The van der Waals surface area contributed by atoms with Gasteiger partial charge in [-0.2, -0.15) is 0 Å². The Labute approximate surface area is 121 Å². The molecule has 20 heavy (non-hydrogen) atoms. The van der Waals surface area contributed by atoms with Crippen LogP contribution in [-0.4, -0.2) is 9.97 Å². The van der Waals surface area contributed by atoms with Crippen molar-refractivity contribution in [2.45, 2.75) is 19.9 Å². The molecule has 0 fully saturated rings. The van der Waals surface area contributed by atoms with Crippen LogP contribution in [0.4, 0.5) is 0 Å². The number of aryl methyl sites for hydroxylation is 2. The Hall–Kier alpha value is -1.82. The van der Waals surface area contributed by atoms with Crippen LogP contribution in [-0.2, 0) is 0 Å². The summed E-state index contributed by atoms with van der Waals surface area (Å²) in [5.41, 5.74) is 5.98. The van der Waals surface area contributed by atoms with Crippen molar-refractivity contribution in [3.05, 3.63) is 57.7 Å². The number of hydrogen-bond donors (Lipinski definition) is 2. The van der Waals surface area contributed by atoms with Crippen molar-refractivity contribution in [3.8, 4) is 0 Å². The molecule has 3 aromatic rings. The second-order valence-electron chi connectivity index (χ2n) is 4.70. The van der Waals surface area contributed by atoms with Crippen molar-refractivity contribution >= 4 is 22.2 Å². The van der Waals surface area contributed by atoms with Crippen LogP contribution in [0.25, 0.3) is 10.9 Å². The zero-order valence-corrected chi connectivity index (χ0v) is 12.2. The highest BCUT2D eigenvalue weighted by Crippen LogP contribution is 2.32. The van der Waals surface area contributed by atoms with E-state index in [0.29, 0.717) is 0 Å². The largest absolute Gasteiger partial charge is 0.271 e. The molecule has 4 nitrogen and oxygen atoms in total. The first-order chi connectivity index (χ1) is 9.70. The van der Waals surface area contributed by atoms with Gasteiger partial charge in [0.05, 0.1) is 27.1 Å². The molecule has 0 aliphatic heterocycles. The average molecular weight is 284 g/mol. The molecule has 0 radical (unpaired) electrons. The molecule has 2 heterocycles. The quantitative estimate of drug-likeness (QED) is 0.573. The molecule has 1 aromatic carbocycles. The minimum Gasteiger partial charge on any atom is -0.271 e.